The maximum absolute atomic E-state index is 5.75. The number of anilines is 1. The van der Waals surface area contributed by atoms with Gasteiger partial charge in [0.2, 0.25) is 0 Å². The number of rotatable bonds is 3. The van der Waals surface area contributed by atoms with Crippen molar-refractivity contribution >= 4 is 17.3 Å². The Morgan fingerprint density at radius 1 is 1.69 bits per heavy atom. The lowest BCUT2D eigenvalue weighted by Crippen LogP contribution is -2.04. The zero-order chi connectivity index (χ0) is 9.26. The van der Waals surface area contributed by atoms with Gasteiger partial charge in [-0.2, -0.15) is 0 Å². The fraction of sp³-hybridized carbons (Fsp3) is 0.500. The maximum atomic E-state index is 5.75. The van der Waals surface area contributed by atoms with E-state index in [0.717, 1.165) is 24.1 Å². The Kier molecular flexibility index (Phi) is 2.40. The van der Waals surface area contributed by atoms with Gasteiger partial charge < -0.3 is 5.32 Å². The second kappa shape index (κ2) is 3.54. The molecule has 2 atom stereocenters. The standard InChI is InChI=1S/C10H13ClN2/c1-7-4-8(7)6-13-9-2-3-12-10(11)5-9/h2-3,5,7-8H,4,6H2,1H3,(H,12,13). The summed E-state index contributed by atoms with van der Waals surface area (Å²) >= 11 is 5.75. The van der Waals surface area contributed by atoms with E-state index in [1.165, 1.54) is 6.42 Å². The predicted molar refractivity (Wildman–Crippen MR) is 55.0 cm³/mol. The first-order valence-electron chi connectivity index (χ1n) is 4.61. The summed E-state index contributed by atoms with van der Waals surface area (Å²) in [6, 6.07) is 3.80. The molecule has 1 aromatic heterocycles. The summed E-state index contributed by atoms with van der Waals surface area (Å²) in [5.74, 6) is 1.75. The van der Waals surface area contributed by atoms with Crippen molar-refractivity contribution in [2.24, 2.45) is 11.8 Å². The van der Waals surface area contributed by atoms with Gasteiger partial charge in [0, 0.05) is 18.4 Å². The first kappa shape index (κ1) is 8.82. The van der Waals surface area contributed by atoms with Crippen LogP contribution in [-0.4, -0.2) is 11.5 Å². The molecule has 1 N–H and O–H groups in total. The Morgan fingerprint density at radius 2 is 2.46 bits per heavy atom. The molecule has 13 heavy (non-hydrogen) atoms. The summed E-state index contributed by atoms with van der Waals surface area (Å²) in [6.07, 6.45) is 3.08. The van der Waals surface area contributed by atoms with Crippen LogP contribution in [0.4, 0.5) is 5.69 Å². The van der Waals surface area contributed by atoms with Gasteiger partial charge in [-0.3, -0.25) is 0 Å². The van der Waals surface area contributed by atoms with Crippen molar-refractivity contribution in [3.05, 3.63) is 23.5 Å². The van der Waals surface area contributed by atoms with Crippen molar-refractivity contribution in [3.63, 3.8) is 0 Å². The van der Waals surface area contributed by atoms with E-state index in [-0.39, 0.29) is 0 Å². The number of nitrogens with zero attached hydrogens (tertiary/aromatic N) is 1. The maximum Gasteiger partial charge on any atom is 0.131 e. The number of hydrogen-bond donors (Lipinski definition) is 1. The summed E-state index contributed by atoms with van der Waals surface area (Å²) in [7, 11) is 0. The molecule has 1 aromatic rings. The van der Waals surface area contributed by atoms with Crippen molar-refractivity contribution in [2.75, 3.05) is 11.9 Å². The van der Waals surface area contributed by atoms with Gasteiger partial charge in [-0.05, 0) is 30.4 Å². The molecule has 1 saturated carbocycles. The summed E-state index contributed by atoms with van der Waals surface area (Å²) < 4.78 is 0. The number of halogens is 1. The van der Waals surface area contributed by atoms with Crippen LogP contribution in [0.5, 0.6) is 0 Å². The number of nitrogens with one attached hydrogen (secondary N) is 1. The smallest absolute Gasteiger partial charge is 0.131 e. The molecule has 70 valence electrons. The van der Waals surface area contributed by atoms with E-state index >= 15 is 0 Å². The molecule has 0 amide bonds. The summed E-state index contributed by atoms with van der Waals surface area (Å²) in [5.41, 5.74) is 1.07. The molecule has 0 radical (unpaired) electrons. The molecule has 3 heteroatoms. The van der Waals surface area contributed by atoms with Crippen molar-refractivity contribution in [2.45, 2.75) is 13.3 Å². The Balaban J connectivity index is 1.87. The predicted octanol–water partition coefficient (Wildman–Crippen LogP) is 2.80. The molecule has 2 nitrogen and oxygen atoms in total. The fourth-order valence-corrected chi connectivity index (χ4v) is 1.62. The molecule has 1 heterocycles. The zero-order valence-corrected chi connectivity index (χ0v) is 8.38. The Bertz CT molecular complexity index is 301. The second-order valence-electron chi connectivity index (χ2n) is 3.72. The highest BCUT2D eigenvalue weighted by atomic mass is 35.5. The lowest BCUT2D eigenvalue weighted by atomic mass is 10.3. The Hall–Kier alpha value is -0.760. The topological polar surface area (TPSA) is 24.9 Å². The van der Waals surface area contributed by atoms with E-state index in [0.29, 0.717) is 5.15 Å². The van der Waals surface area contributed by atoms with E-state index in [9.17, 15) is 0 Å². The average molecular weight is 197 g/mol. The Labute approximate surface area is 83.3 Å². The van der Waals surface area contributed by atoms with Crippen LogP contribution in [0.25, 0.3) is 0 Å². The van der Waals surface area contributed by atoms with Gasteiger partial charge >= 0.3 is 0 Å². The van der Waals surface area contributed by atoms with Crippen LogP contribution in [-0.2, 0) is 0 Å². The van der Waals surface area contributed by atoms with E-state index in [1.807, 2.05) is 12.1 Å². The number of hydrogen-bond acceptors (Lipinski definition) is 2. The monoisotopic (exact) mass is 196 g/mol. The van der Waals surface area contributed by atoms with Crippen molar-refractivity contribution in [3.8, 4) is 0 Å². The highest BCUT2D eigenvalue weighted by Gasteiger charge is 2.31. The average Bonchev–Trinajstić information content (AvgIpc) is 2.79. The molecule has 1 aliphatic carbocycles. The molecule has 1 fully saturated rings. The van der Waals surface area contributed by atoms with Crippen LogP contribution >= 0.6 is 11.6 Å². The Morgan fingerprint density at radius 3 is 3.08 bits per heavy atom. The van der Waals surface area contributed by atoms with E-state index in [1.54, 1.807) is 6.20 Å². The van der Waals surface area contributed by atoms with E-state index in [2.05, 4.69) is 17.2 Å². The van der Waals surface area contributed by atoms with Gasteiger partial charge in [-0.15, -0.1) is 0 Å². The third kappa shape index (κ3) is 2.34. The zero-order valence-electron chi connectivity index (χ0n) is 7.63. The molecule has 2 rings (SSSR count). The summed E-state index contributed by atoms with van der Waals surface area (Å²) in [5, 5.41) is 3.90. The first-order chi connectivity index (χ1) is 6.25. The quantitative estimate of drug-likeness (QED) is 0.753. The highest BCUT2D eigenvalue weighted by molar-refractivity contribution is 6.29. The minimum atomic E-state index is 0.550. The molecular formula is C10H13ClN2. The second-order valence-corrected chi connectivity index (χ2v) is 4.11. The largest absolute Gasteiger partial charge is 0.385 e. The van der Waals surface area contributed by atoms with Crippen LogP contribution in [0.1, 0.15) is 13.3 Å². The van der Waals surface area contributed by atoms with Crippen LogP contribution in [0.3, 0.4) is 0 Å². The molecule has 0 aromatic carbocycles. The minimum absolute atomic E-state index is 0.550. The van der Waals surface area contributed by atoms with Gasteiger partial charge in [0.15, 0.2) is 0 Å². The third-order valence-corrected chi connectivity index (χ3v) is 2.78. The highest BCUT2D eigenvalue weighted by Crippen LogP contribution is 2.37. The first-order valence-corrected chi connectivity index (χ1v) is 4.99. The van der Waals surface area contributed by atoms with Gasteiger partial charge in [0.25, 0.3) is 0 Å². The van der Waals surface area contributed by atoms with Crippen molar-refractivity contribution in [1.29, 1.82) is 0 Å². The SMILES string of the molecule is CC1CC1CNc1ccnc(Cl)c1. The summed E-state index contributed by atoms with van der Waals surface area (Å²) in [4.78, 5) is 3.92. The third-order valence-electron chi connectivity index (χ3n) is 2.57. The molecule has 0 bridgehead atoms. The van der Waals surface area contributed by atoms with Crippen LogP contribution < -0.4 is 5.32 Å². The molecule has 0 saturated heterocycles. The van der Waals surface area contributed by atoms with E-state index in [4.69, 9.17) is 11.6 Å². The fourth-order valence-electron chi connectivity index (χ4n) is 1.44. The van der Waals surface area contributed by atoms with Crippen LogP contribution in [0, 0.1) is 11.8 Å². The minimum Gasteiger partial charge on any atom is -0.385 e. The van der Waals surface area contributed by atoms with Crippen molar-refractivity contribution in [1.82, 2.24) is 4.98 Å². The lowest BCUT2D eigenvalue weighted by molar-refractivity contribution is 0.787. The normalized spacial score (nSPS) is 25.7. The molecule has 0 spiro atoms. The van der Waals surface area contributed by atoms with Crippen LogP contribution in [0.15, 0.2) is 18.3 Å². The number of pyridine rings is 1. The lowest BCUT2D eigenvalue weighted by Gasteiger charge is -2.04. The van der Waals surface area contributed by atoms with Gasteiger partial charge in [-0.1, -0.05) is 18.5 Å². The summed E-state index contributed by atoms with van der Waals surface area (Å²) in [6.45, 7) is 3.34. The number of aromatic nitrogens is 1. The molecular weight excluding hydrogens is 184 g/mol. The molecule has 1 aliphatic rings. The van der Waals surface area contributed by atoms with Gasteiger partial charge in [-0.25, -0.2) is 4.98 Å². The van der Waals surface area contributed by atoms with Crippen molar-refractivity contribution < 1.29 is 0 Å². The van der Waals surface area contributed by atoms with Gasteiger partial charge in [0.1, 0.15) is 5.15 Å². The molecule has 2 unspecified atom stereocenters. The van der Waals surface area contributed by atoms with Gasteiger partial charge in [0.05, 0.1) is 0 Å². The van der Waals surface area contributed by atoms with E-state index < -0.39 is 0 Å². The molecule has 0 aliphatic heterocycles. The van der Waals surface area contributed by atoms with Crippen LogP contribution in [0.2, 0.25) is 5.15 Å².